The molecule has 192 valence electrons. The molecule has 0 aliphatic rings. The highest BCUT2D eigenvalue weighted by Crippen LogP contribution is 2.40. The van der Waals surface area contributed by atoms with E-state index in [0.717, 1.165) is 22.3 Å². The highest BCUT2D eigenvalue weighted by atomic mass is 16.7. The van der Waals surface area contributed by atoms with E-state index in [9.17, 15) is 4.79 Å². The van der Waals surface area contributed by atoms with Crippen molar-refractivity contribution in [3.8, 4) is 0 Å². The molecular formula is C34H33NO3. The molecule has 0 fully saturated rings. The van der Waals surface area contributed by atoms with Crippen molar-refractivity contribution in [2.75, 3.05) is 6.61 Å². The molecule has 0 saturated heterocycles. The second-order valence-electron chi connectivity index (χ2n) is 8.86. The Balaban J connectivity index is 1.71. The van der Waals surface area contributed by atoms with Crippen molar-refractivity contribution in [1.82, 2.24) is 5.06 Å². The van der Waals surface area contributed by atoms with Crippen molar-refractivity contribution >= 4 is 5.91 Å². The van der Waals surface area contributed by atoms with E-state index in [1.807, 2.05) is 84.9 Å². The van der Waals surface area contributed by atoms with Crippen LogP contribution < -0.4 is 0 Å². The van der Waals surface area contributed by atoms with Gasteiger partial charge < -0.3 is 4.74 Å². The summed E-state index contributed by atoms with van der Waals surface area (Å²) in [7, 11) is 0. The first-order valence-corrected chi connectivity index (χ1v) is 12.7. The van der Waals surface area contributed by atoms with Crippen LogP contribution >= 0.6 is 0 Å². The van der Waals surface area contributed by atoms with Crippen LogP contribution in [0, 0.1) is 0 Å². The van der Waals surface area contributed by atoms with E-state index < -0.39 is 11.6 Å². The Morgan fingerprint density at radius 2 is 1.18 bits per heavy atom. The monoisotopic (exact) mass is 503 g/mol. The van der Waals surface area contributed by atoms with Crippen LogP contribution in [0.3, 0.4) is 0 Å². The minimum Gasteiger partial charge on any atom is -0.358 e. The smallest absolute Gasteiger partial charge is 0.250 e. The normalized spacial score (nSPS) is 11.9. The zero-order valence-corrected chi connectivity index (χ0v) is 21.5. The van der Waals surface area contributed by atoms with Gasteiger partial charge in [-0.2, -0.15) is 0 Å². The Morgan fingerprint density at radius 1 is 0.737 bits per heavy atom. The fourth-order valence-corrected chi connectivity index (χ4v) is 4.49. The number of ether oxygens (including phenoxy) is 1. The second kappa shape index (κ2) is 13.3. The lowest BCUT2D eigenvalue weighted by atomic mass is 9.80. The Bertz CT molecular complexity index is 1190. The average molecular weight is 504 g/mol. The van der Waals surface area contributed by atoms with Gasteiger partial charge in [0.25, 0.3) is 5.91 Å². The molecule has 0 spiro atoms. The molecular weight excluding hydrogens is 470 g/mol. The van der Waals surface area contributed by atoms with Gasteiger partial charge in [0.2, 0.25) is 0 Å². The molecule has 4 aromatic rings. The summed E-state index contributed by atoms with van der Waals surface area (Å²) in [5, 5.41) is 1.37. The van der Waals surface area contributed by atoms with E-state index in [0.29, 0.717) is 0 Å². The zero-order valence-electron chi connectivity index (χ0n) is 21.5. The molecule has 0 aliphatic carbocycles. The minimum atomic E-state index is -0.919. The number of hydroxylamine groups is 2. The van der Waals surface area contributed by atoms with E-state index in [-0.39, 0.29) is 25.5 Å². The van der Waals surface area contributed by atoms with Crippen LogP contribution in [0.1, 0.15) is 28.7 Å². The SMILES string of the molecule is C=CCC(=O)N(OCc1ccccc1)[C@@H](C=C)COC(c1ccccc1)(c1ccccc1)c1ccccc1. The maximum atomic E-state index is 13.1. The predicted octanol–water partition coefficient (Wildman–Crippen LogP) is 7.09. The van der Waals surface area contributed by atoms with Crippen LogP contribution in [0.15, 0.2) is 147 Å². The van der Waals surface area contributed by atoms with Gasteiger partial charge in [-0.05, 0) is 22.3 Å². The predicted molar refractivity (Wildman–Crippen MR) is 152 cm³/mol. The van der Waals surface area contributed by atoms with Crippen LogP contribution in [0.5, 0.6) is 0 Å². The lowest BCUT2D eigenvalue weighted by molar-refractivity contribution is -0.207. The van der Waals surface area contributed by atoms with Crippen molar-refractivity contribution in [2.45, 2.75) is 24.7 Å². The molecule has 0 aliphatic heterocycles. The summed E-state index contributed by atoms with van der Waals surface area (Å²) in [5.41, 5.74) is 2.98. The summed E-state index contributed by atoms with van der Waals surface area (Å²) in [4.78, 5) is 19.2. The number of rotatable bonds is 13. The number of hydrogen-bond acceptors (Lipinski definition) is 3. The van der Waals surface area contributed by atoms with Crippen LogP contribution in [0.4, 0.5) is 0 Å². The van der Waals surface area contributed by atoms with E-state index in [1.165, 1.54) is 5.06 Å². The van der Waals surface area contributed by atoms with Gasteiger partial charge in [0.1, 0.15) is 18.2 Å². The van der Waals surface area contributed by atoms with E-state index in [2.05, 4.69) is 49.6 Å². The Hall–Kier alpha value is -4.25. The molecule has 0 aromatic heterocycles. The maximum Gasteiger partial charge on any atom is 0.250 e. The highest BCUT2D eigenvalue weighted by Gasteiger charge is 2.38. The molecule has 38 heavy (non-hydrogen) atoms. The molecule has 4 aromatic carbocycles. The molecule has 1 amide bonds. The number of benzene rings is 4. The lowest BCUT2D eigenvalue weighted by Crippen LogP contribution is -2.44. The van der Waals surface area contributed by atoms with Crippen LogP contribution in [0.25, 0.3) is 0 Å². The summed E-state index contributed by atoms with van der Waals surface area (Å²) < 4.78 is 6.93. The zero-order chi connectivity index (χ0) is 26.6. The Labute approximate surface area is 225 Å². The number of hydrogen-bond donors (Lipinski definition) is 0. The lowest BCUT2D eigenvalue weighted by Gasteiger charge is -2.38. The summed E-state index contributed by atoms with van der Waals surface area (Å²) >= 11 is 0. The number of amides is 1. The fourth-order valence-electron chi connectivity index (χ4n) is 4.49. The topological polar surface area (TPSA) is 38.8 Å². The quantitative estimate of drug-likeness (QED) is 0.111. The largest absolute Gasteiger partial charge is 0.358 e. The molecule has 1 atom stereocenters. The summed E-state index contributed by atoms with van der Waals surface area (Å²) in [6.45, 7) is 8.15. The molecule has 0 radical (unpaired) electrons. The van der Waals surface area contributed by atoms with Crippen molar-refractivity contribution in [3.05, 3.63) is 169 Å². The van der Waals surface area contributed by atoms with Gasteiger partial charge in [0.15, 0.2) is 0 Å². The fraction of sp³-hybridized carbons (Fsp3) is 0.147. The van der Waals surface area contributed by atoms with Crippen molar-refractivity contribution in [3.63, 3.8) is 0 Å². The van der Waals surface area contributed by atoms with Gasteiger partial charge in [-0.3, -0.25) is 9.63 Å². The van der Waals surface area contributed by atoms with Crippen LogP contribution in [-0.2, 0) is 26.6 Å². The first-order chi connectivity index (χ1) is 18.7. The average Bonchev–Trinajstić information content (AvgIpc) is 2.99. The number of carbonyl (C=O) groups is 1. The van der Waals surface area contributed by atoms with Gasteiger partial charge in [0, 0.05) is 6.42 Å². The first kappa shape index (κ1) is 26.8. The third kappa shape index (κ3) is 6.17. The molecule has 0 unspecified atom stereocenters. The summed E-state index contributed by atoms with van der Waals surface area (Å²) in [6, 6.07) is 39.6. The van der Waals surface area contributed by atoms with Gasteiger partial charge in [-0.25, -0.2) is 5.06 Å². The third-order valence-corrected chi connectivity index (χ3v) is 6.36. The van der Waals surface area contributed by atoms with Gasteiger partial charge in [0.05, 0.1) is 6.61 Å². The van der Waals surface area contributed by atoms with Crippen molar-refractivity contribution in [2.24, 2.45) is 0 Å². The molecule has 4 heteroatoms. The van der Waals surface area contributed by atoms with Gasteiger partial charge >= 0.3 is 0 Å². The van der Waals surface area contributed by atoms with Crippen molar-refractivity contribution in [1.29, 1.82) is 0 Å². The molecule has 0 N–H and O–H groups in total. The summed E-state index contributed by atoms with van der Waals surface area (Å²) in [5.74, 6) is -0.214. The van der Waals surface area contributed by atoms with Gasteiger partial charge in [-0.1, -0.05) is 133 Å². The Morgan fingerprint density at radius 3 is 1.61 bits per heavy atom. The molecule has 0 bridgehead atoms. The molecule has 4 nitrogen and oxygen atoms in total. The minimum absolute atomic E-state index is 0.139. The van der Waals surface area contributed by atoms with E-state index in [1.54, 1.807) is 12.2 Å². The number of nitrogens with zero attached hydrogens (tertiary/aromatic N) is 1. The van der Waals surface area contributed by atoms with Gasteiger partial charge in [-0.15, -0.1) is 13.2 Å². The highest BCUT2D eigenvalue weighted by molar-refractivity contribution is 5.77. The first-order valence-electron chi connectivity index (χ1n) is 12.7. The van der Waals surface area contributed by atoms with Crippen LogP contribution in [0.2, 0.25) is 0 Å². The Kier molecular flexibility index (Phi) is 9.41. The van der Waals surface area contributed by atoms with Crippen molar-refractivity contribution < 1.29 is 14.4 Å². The molecule has 0 saturated carbocycles. The second-order valence-corrected chi connectivity index (χ2v) is 8.86. The van der Waals surface area contributed by atoms with Crippen LogP contribution in [-0.4, -0.2) is 23.6 Å². The standard InChI is InChI=1S/C34H33NO3/c1-3-17-33(36)35(38-26-28-18-9-5-10-19-28)32(4-2)27-37-34(29-20-11-6-12-21-29,30-22-13-7-14-23-30)31-24-15-8-16-25-31/h3-16,18-25,32H,1-2,17,26-27H2/t32-/m0/s1. The van der Waals surface area contributed by atoms with E-state index in [4.69, 9.17) is 9.57 Å². The third-order valence-electron chi connectivity index (χ3n) is 6.36. The number of carbonyl (C=O) groups excluding carboxylic acids is 1. The summed E-state index contributed by atoms with van der Waals surface area (Å²) in [6.07, 6.45) is 3.41. The molecule has 4 rings (SSSR count). The molecule has 0 heterocycles. The maximum absolute atomic E-state index is 13.1. The van der Waals surface area contributed by atoms with E-state index >= 15 is 0 Å².